The monoisotopic (exact) mass is 343 g/mol. The van der Waals surface area contributed by atoms with Crippen LogP contribution in [0.25, 0.3) is 0 Å². The van der Waals surface area contributed by atoms with Gasteiger partial charge in [-0.3, -0.25) is 0 Å². The molecule has 0 aromatic heterocycles. The van der Waals surface area contributed by atoms with Crippen LogP contribution >= 0.6 is 0 Å². The van der Waals surface area contributed by atoms with E-state index in [0.29, 0.717) is 19.0 Å². The molecule has 1 aliphatic heterocycles. The van der Waals surface area contributed by atoms with Gasteiger partial charge in [0, 0.05) is 45.0 Å². The SMILES string of the molecule is CC/C=C(C)/C=C(/OC(=O)N1CCN(C)CC1)N(C)c1ccccc1. The number of hydrogen-bond donors (Lipinski definition) is 0. The van der Waals surface area contributed by atoms with E-state index in [1.165, 1.54) is 0 Å². The Morgan fingerprint density at radius 1 is 1.20 bits per heavy atom. The number of para-hydroxylation sites is 1. The number of hydrogen-bond acceptors (Lipinski definition) is 4. The molecule has 0 unspecified atom stereocenters. The highest BCUT2D eigenvalue weighted by molar-refractivity contribution is 5.70. The van der Waals surface area contributed by atoms with Crippen LogP contribution in [0.3, 0.4) is 0 Å². The number of likely N-dealkylation sites (N-methyl/N-ethyl adjacent to an activating group) is 1. The summed E-state index contributed by atoms with van der Waals surface area (Å²) in [5, 5.41) is 0. The van der Waals surface area contributed by atoms with Crippen LogP contribution in [0.1, 0.15) is 20.3 Å². The number of piperazine rings is 1. The van der Waals surface area contributed by atoms with Crippen molar-refractivity contribution in [2.75, 3.05) is 45.2 Å². The normalized spacial score (nSPS) is 16.7. The molecule has 1 saturated heterocycles. The molecule has 0 N–H and O–H groups in total. The lowest BCUT2D eigenvalue weighted by atomic mass is 10.2. The van der Waals surface area contributed by atoms with Gasteiger partial charge in [0.25, 0.3) is 0 Å². The summed E-state index contributed by atoms with van der Waals surface area (Å²) in [4.78, 5) is 18.5. The quantitative estimate of drug-likeness (QED) is 0.603. The first-order chi connectivity index (χ1) is 12.0. The Labute approximate surface area is 151 Å². The van der Waals surface area contributed by atoms with Gasteiger partial charge in [0.2, 0.25) is 5.88 Å². The number of benzene rings is 1. The van der Waals surface area contributed by atoms with Crippen molar-refractivity contribution in [1.82, 2.24) is 9.80 Å². The zero-order chi connectivity index (χ0) is 18.2. The Morgan fingerprint density at radius 3 is 2.44 bits per heavy atom. The van der Waals surface area contributed by atoms with Crippen molar-refractivity contribution < 1.29 is 9.53 Å². The minimum Gasteiger partial charge on any atom is -0.393 e. The van der Waals surface area contributed by atoms with Gasteiger partial charge in [-0.2, -0.15) is 0 Å². The van der Waals surface area contributed by atoms with E-state index in [1.54, 1.807) is 4.90 Å². The third kappa shape index (κ3) is 5.64. The molecule has 0 atom stereocenters. The van der Waals surface area contributed by atoms with E-state index in [2.05, 4.69) is 24.9 Å². The summed E-state index contributed by atoms with van der Waals surface area (Å²) in [6.07, 6.45) is 4.69. The lowest BCUT2D eigenvalue weighted by Crippen LogP contribution is -2.47. The van der Waals surface area contributed by atoms with Crippen molar-refractivity contribution in [2.24, 2.45) is 0 Å². The average molecular weight is 343 g/mol. The average Bonchev–Trinajstić information content (AvgIpc) is 2.62. The van der Waals surface area contributed by atoms with Crippen molar-refractivity contribution in [3.05, 3.63) is 53.9 Å². The van der Waals surface area contributed by atoms with Gasteiger partial charge < -0.3 is 19.4 Å². The second-order valence-corrected chi connectivity index (χ2v) is 6.39. The van der Waals surface area contributed by atoms with Crippen LogP contribution in [0.15, 0.2) is 53.9 Å². The Balaban J connectivity index is 2.17. The zero-order valence-electron chi connectivity index (χ0n) is 15.7. The first-order valence-corrected chi connectivity index (χ1v) is 8.83. The molecule has 1 fully saturated rings. The fraction of sp³-hybridized carbons (Fsp3) is 0.450. The zero-order valence-corrected chi connectivity index (χ0v) is 15.7. The molecule has 5 heteroatoms. The lowest BCUT2D eigenvalue weighted by molar-refractivity contribution is 0.101. The summed E-state index contributed by atoms with van der Waals surface area (Å²) in [5.74, 6) is 0.539. The van der Waals surface area contributed by atoms with Gasteiger partial charge in [0.05, 0.1) is 0 Å². The minimum absolute atomic E-state index is 0.286. The molecule has 1 aliphatic rings. The van der Waals surface area contributed by atoms with E-state index in [0.717, 1.165) is 30.8 Å². The van der Waals surface area contributed by atoms with Gasteiger partial charge in [0.15, 0.2) is 0 Å². The number of ether oxygens (including phenoxy) is 1. The van der Waals surface area contributed by atoms with Gasteiger partial charge in [-0.1, -0.05) is 31.2 Å². The van der Waals surface area contributed by atoms with E-state index in [-0.39, 0.29) is 6.09 Å². The number of allylic oxidation sites excluding steroid dienone is 3. The molecule has 1 amide bonds. The molecular formula is C20H29N3O2. The fourth-order valence-corrected chi connectivity index (χ4v) is 2.69. The maximum Gasteiger partial charge on any atom is 0.416 e. The molecule has 0 aliphatic carbocycles. The topological polar surface area (TPSA) is 36.0 Å². The van der Waals surface area contributed by atoms with Crippen molar-refractivity contribution in [3.63, 3.8) is 0 Å². The van der Waals surface area contributed by atoms with Gasteiger partial charge >= 0.3 is 6.09 Å². The maximum absolute atomic E-state index is 12.6. The molecular weight excluding hydrogens is 314 g/mol. The number of carbonyl (C=O) groups is 1. The Hall–Kier alpha value is -2.27. The molecule has 0 saturated carbocycles. The summed E-state index contributed by atoms with van der Waals surface area (Å²) in [6.45, 7) is 7.25. The van der Waals surface area contributed by atoms with E-state index in [1.807, 2.05) is 55.3 Å². The van der Waals surface area contributed by atoms with Crippen LogP contribution in [-0.2, 0) is 4.74 Å². The van der Waals surface area contributed by atoms with Crippen LogP contribution < -0.4 is 4.90 Å². The summed E-state index contributed by atoms with van der Waals surface area (Å²) in [6, 6.07) is 9.91. The van der Waals surface area contributed by atoms with Gasteiger partial charge in [0.1, 0.15) is 0 Å². The number of carbonyl (C=O) groups excluding carboxylic acids is 1. The number of rotatable bonds is 5. The summed E-state index contributed by atoms with van der Waals surface area (Å²) in [7, 11) is 3.98. The first-order valence-electron chi connectivity index (χ1n) is 8.83. The summed E-state index contributed by atoms with van der Waals surface area (Å²) in [5.41, 5.74) is 2.05. The molecule has 5 nitrogen and oxygen atoms in total. The predicted molar refractivity (Wildman–Crippen MR) is 103 cm³/mol. The van der Waals surface area contributed by atoms with E-state index in [9.17, 15) is 4.79 Å². The Bertz CT molecular complexity index is 617. The van der Waals surface area contributed by atoms with Gasteiger partial charge in [-0.05, 0) is 38.1 Å². The highest BCUT2D eigenvalue weighted by Gasteiger charge is 2.22. The summed E-state index contributed by atoms with van der Waals surface area (Å²) < 4.78 is 5.77. The van der Waals surface area contributed by atoms with Crippen molar-refractivity contribution >= 4 is 11.8 Å². The van der Waals surface area contributed by atoms with Crippen molar-refractivity contribution in [3.8, 4) is 0 Å². The molecule has 2 rings (SSSR count). The highest BCUT2D eigenvalue weighted by Crippen LogP contribution is 2.20. The van der Waals surface area contributed by atoms with Crippen LogP contribution in [0.2, 0.25) is 0 Å². The van der Waals surface area contributed by atoms with Crippen LogP contribution in [0.5, 0.6) is 0 Å². The minimum atomic E-state index is -0.286. The second kappa shape index (κ2) is 9.28. The van der Waals surface area contributed by atoms with Crippen molar-refractivity contribution in [1.29, 1.82) is 0 Å². The smallest absolute Gasteiger partial charge is 0.393 e. The van der Waals surface area contributed by atoms with E-state index < -0.39 is 0 Å². The lowest BCUT2D eigenvalue weighted by Gasteiger charge is -2.32. The van der Waals surface area contributed by atoms with Crippen LogP contribution in [0, 0.1) is 0 Å². The number of amides is 1. The Kier molecular flexibility index (Phi) is 7.07. The molecule has 1 aromatic rings. The van der Waals surface area contributed by atoms with Crippen LogP contribution in [0.4, 0.5) is 10.5 Å². The van der Waals surface area contributed by atoms with E-state index in [4.69, 9.17) is 4.74 Å². The molecule has 1 aromatic carbocycles. The third-order valence-electron chi connectivity index (χ3n) is 4.30. The van der Waals surface area contributed by atoms with Crippen molar-refractivity contribution in [2.45, 2.75) is 20.3 Å². The number of nitrogens with zero attached hydrogens (tertiary/aromatic N) is 3. The summed E-state index contributed by atoms with van der Waals surface area (Å²) >= 11 is 0. The fourth-order valence-electron chi connectivity index (χ4n) is 2.69. The molecule has 0 bridgehead atoms. The van der Waals surface area contributed by atoms with Gasteiger partial charge in [-0.15, -0.1) is 0 Å². The Morgan fingerprint density at radius 2 is 1.84 bits per heavy atom. The highest BCUT2D eigenvalue weighted by atomic mass is 16.6. The molecule has 136 valence electrons. The number of anilines is 1. The predicted octanol–water partition coefficient (Wildman–Crippen LogP) is 3.70. The van der Waals surface area contributed by atoms with E-state index >= 15 is 0 Å². The first kappa shape index (κ1) is 19.1. The largest absolute Gasteiger partial charge is 0.416 e. The molecule has 25 heavy (non-hydrogen) atoms. The standard InChI is InChI=1S/C20H29N3O2/c1-5-9-17(2)16-19(22(4)18-10-7-6-8-11-18)25-20(24)23-14-12-21(3)13-15-23/h6-11,16H,5,12-15H2,1-4H3/b17-9+,19-16+. The maximum atomic E-state index is 12.6. The second-order valence-electron chi connectivity index (χ2n) is 6.39. The molecule has 1 heterocycles. The molecule has 0 radical (unpaired) electrons. The van der Waals surface area contributed by atoms with Crippen LogP contribution in [-0.4, -0.2) is 56.2 Å². The van der Waals surface area contributed by atoms with Gasteiger partial charge in [-0.25, -0.2) is 4.79 Å². The third-order valence-corrected chi connectivity index (χ3v) is 4.30. The molecule has 0 spiro atoms.